The number of rotatable bonds is 7. The van der Waals surface area contributed by atoms with E-state index in [1.165, 1.54) is 0 Å². The molecule has 1 rings (SSSR count). The second kappa shape index (κ2) is 8.72. The first-order valence-electron chi connectivity index (χ1n) is 6.94. The Bertz CT molecular complexity index is 300. The summed E-state index contributed by atoms with van der Waals surface area (Å²) in [5.74, 6) is 0.473. The van der Waals surface area contributed by atoms with Crippen molar-refractivity contribution >= 4 is 17.5 Å². The van der Waals surface area contributed by atoms with Gasteiger partial charge in [0.25, 0.3) is 0 Å². The summed E-state index contributed by atoms with van der Waals surface area (Å²) in [7, 11) is 0. The van der Waals surface area contributed by atoms with E-state index < -0.39 is 18.9 Å². The van der Waals surface area contributed by atoms with Gasteiger partial charge in [0.05, 0.1) is 6.10 Å². The van der Waals surface area contributed by atoms with Gasteiger partial charge in [-0.25, -0.2) is 0 Å². The maximum absolute atomic E-state index is 12.1. The molecule has 0 aromatic heterocycles. The van der Waals surface area contributed by atoms with E-state index in [-0.39, 0.29) is 11.9 Å². The second-order valence-electron chi connectivity index (χ2n) is 5.13. The number of halogens is 4. The maximum Gasteiger partial charge on any atom is 0.411 e. The number of ether oxygens (including phenoxy) is 1. The summed E-state index contributed by atoms with van der Waals surface area (Å²) >= 11 is 5.53. The van der Waals surface area contributed by atoms with Gasteiger partial charge in [-0.05, 0) is 38.5 Å². The molecule has 0 bridgehead atoms. The van der Waals surface area contributed by atoms with E-state index in [4.69, 9.17) is 16.3 Å². The number of amides is 1. The third-order valence-corrected chi connectivity index (χ3v) is 3.53. The summed E-state index contributed by atoms with van der Waals surface area (Å²) in [6.07, 6.45) is -0.130. The molecule has 1 aliphatic carbocycles. The van der Waals surface area contributed by atoms with Crippen LogP contribution in [0.2, 0.25) is 0 Å². The van der Waals surface area contributed by atoms with E-state index in [1.54, 1.807) is 0 Å². The highest BCUT2D eigenvalue weighted by molar-refractivity contribution is 6.17. The molecule has 0 aliphatic heterocycles. The van der Waals surface area contributed by atoms with Gasteiger partial charge in [-0.1, -0.05) is 0 Å². The summed E-state index contributed by atoms with van der Waals surface area (Å²) in [4.78, 5) is 11.6. The fourth-order valence-corrected chi connectivity index (χ4v) is 2.51. The number of unbranched alkanes of at least 4 members (excludes halogenated alkanes) is 1. The maximum atomic E-state index is 12.1. The molecule has 20 heavy (non-hydrogen) atoms. The number of carbonyl (C=O) groups excluding carboxylic acids is 1. The SMILES string of the molecule is O=C(CCCCCl)NC1CCCC(OCC(F)(F)F)C1. The van der Waals surface area contributed by atoms with Crippen LogP contribution in [0.4, 0.5) is 13.2 Å². The molecule has 0 spiro atoms. The van der Waals surface area contributed by atoms with Crippen LogP contribution in [-0.4, -0.2) is 36.7 Å². The van der Waals surface area contributed by atoms with Crippen LogP contribution < -0.4 is 5.32 Å². The topological polar surface area (TPSA) is 38.3 Å². The minimum absolute atomic E-state index is 0.0587. The van der Waals surface area contributed by atoms with Gasteiger partial charge in [-0.3, -0.25) is 4.79 Å². The van der Waals surface area contributed by atoms with Crippen LogP contribution in [0.25, 0.3) is 0 Å². The molecule has 2 atom stereocenters. The van der Waals surface area contributed by atoms with Crippen LogP contribution >= 0.6 is 11.6 Å². The van der Waals surface area contributed by atoms with Crippen LogP contribution in [0.3, 0.4) is 0 Å². The third kappa shape index (κ3) is 7.94. The van der Waals surface area contributed by atoms with Gasteiger partial charge in [-0.15, -0.1) is 11.6 Å². The highest BCUT2D eigenvalue weighted by Gasteiger charge is 2.31. The average Bonchev–Trinajstić information content (AvgIpc) is 2.36. The lowest BCUT2D eigenvalue weighted by Crippen LogP contribution is -2.41. The van der Waals surface area contributed by atoms with Gasteiger partial charge in [0.15, 0.2) is 0 Å². The van der Waals surface area contributed by atoms with E-state index in [2.05, 4.69) is 5.32 Å². The van der Waals surface area contributed by atoms with E-state index >= 15 is 0 Å². The standard InChI is InChI=1S/C13H21ClF3NO2/c14-7-2-1-6-12(19)18-10-4-3-5-11(8-10)20-9-13(15,16)17/h10-11H,1-9H2,(H,18,19). The first-order chi connectivity index (χ1) is 9.40. The smallest absolute Gasteiger partial charge is 0.369 e. The molecule has 0 saturated heterocycles. The number of hydrogen-bond donors (Lipinski definition) is 1. The molecule has 0 aromatic rings. The Morgan fingerprint density at radius 3 is 2.70 bits per heavy atom. The second-order valence-corrected chi connectivity index (χ2v) is 5.50. The van der Waals surface area contributed by atoms with Crippen LogP contribution in [0.5, 0.6) is 0 Å². The van der Waals surface area contributed by atoms with Gasteiger partial charge in [0.2, 0.25) is 5.91 Å². The molecule has 2 unspecified atom stereocenters. The Labute approximate surface area is 122 Å². The van der Waals surface area contributed by atoms with Gasteiger partial charge in [0, 0.05) is 18.3 Å². The normalized spacial score (nSPS) is 23.6. The Hall–Kier alpha value is -0.490. The van der Waals surface area contributed by atoms with E-state index in [9.17, 15) is 18.0 Å². The summed E-state index contributed by atoms with van der Waals surface area (Å²) in [6, 6.07) is -0.0783. The van der Waals surface area contributed by atoms with Crippen molar-refractivity contribution in [2.45, 2.75) is 63.3 Å². The van der Waals surface area contributed by atoms with Crippen LogP contribution in [0.1, 0.15) is 44.9 Å². The number of carbonyl (C=O) groups is 1. The Balaban J connectivity index is 2.24. The Morgan fingerprint density at radius 1 is 1.30 bits per heavy atom. The quantitative estimate of drug-likeness (QED) is 0.577. The van der Waals surface area contributed by atoms with Crippen molar-refractivity contribution < 1.29 is 22.7 Å². The molecule has 1 saturated carbocycles. The predicted molar refractivity (Wildman–Crippen MR) is 70.8 cm³/mol. The first-order valence-corrected chi connectivity index (χ1v) is 7.48. The molecule has 1 N–H and O–H groups in total. The zero-order chi connectivity index (χ0) is 15.0. The molecule has 0 aromatic carbocycles. The van der Waals surface area contributed by atoms with Crippen molar-refractivity contribution in [1.29, 1.82) is 0 Å². The summed E-state index contributed by atoms with van der Waals surface area (Å²) in [5, 5.41) is 2.86. The minimum atomic E-state index is -4.29. The van der Waals surface area contributed by atoms with Gasteiger partial charge < -0.3 is 10.1 Å². The van der Waals surface area contributed by atoms with Gasteiger partial charge >= 0.3 is 6.18 Å². The molecule has 0 radical (unpaired) electrons. The predicted octanol–water partition coefficient (Wildman–Crippen LogP) is 3.40. The van der Waals surface area contributed by atoms with E-state index in [1.807, 2.05) is 0 Å². The van der Waals surface area contributed by atoms with E-state index in [0.717, 1.165) is 25.7 Å². The number of hydrogen-bond acceptors (Lipinski definition) is 2. The zero-order valence-corrected chi connectivity index (χ0v) is 12.1. The highest BCUT2D eigenvalue weighted by Crippen LogP contribution is 2.24. The van der Waals surface area contributed by atoms with Crippen molar-refractivity contribution in [3.05, 3.63) is 0 Å². The molecule has 7 heteroatoms. The fourth-order valence-electron chi connectivity index (χ4n) is 2.32. The van der Waals surface area contributed by atoms with Crippen molar-refractivity contribution in [3.63, 3.8) is 0 Å². The van der Waals surface area contributed by atoms with Crippen LogP contribution in [0.15, 0.2) is 0 Å². The lowest BCUT2D eigenvalue weighted by Gasteiger charge is -2.30. The van der Waals surface area contributed by atoms with Crippen LogP contribution in [-0.2, 0) is 9.53 Å². The molecular formula is C13H21ClF3NO2. The monoisotopic (exact) mass is 315 g/mol. The minimum Gasteiger partial charge on any atom is -0.369 e. The van der Waals surface area contributed by atoms with Crippen molar-refractivity contribution in [2.24, 2.45) is 0 Å². The average molecular weight is 316 g/mol. The number of nitrogens with one attached hydrogen (secondary N) is 1. The summed E-state index contributed by atoms with van der Waals surface area (Å²) in [5.41, 5.74) is 0. The molecule has 1 aliphatic rings. The third-order valence-electron chi connectivity index (χ3n) is 3.26. The van der Waals surface area contributed by atoms with Gasteiger partial charge in [0.1, 0.15) is 6.61 Å². The van der Waals surface area contributed by atoms with Crippen LogP contribution in [0, 0.1) is 0 Å². The largest absolute Gasteiger partial charge is 0.411 e. The fraction of sp³-hybridized carbons (Fsp3) is 0.923. The lowest BCUT2D eigenvalue weighted by molar-refractivity contribution is -0.188. The summed E-state index contributed by atoms with van der Waals surface area (Å²) < 4.78 is 41.1. The van der Waals surface area contributed by atoms with Crippen molar-refractivity contribution in [3.8, 4) is 0 Å². The molecule has 0 heterocycles. The van der Waals surface area contributed by atoms with Crippen molar-refractivity contribution in [1.82, 2.24) is 5.32 Å². The molecule has 1 amide bonds. The molecular weight excluding hydrogens is 295 g/mol. The Kier molecular flexibility index (Phi) is 7.66. The summed E-state index contributed by atoms with van der Waals surface area (Å²) in [6.45, 7) is -1.21. The number of alkyl halides is 4. The zero-order valence-electron chi connectivity index (χ0n) is 11.3. The van der Waals surface area contributed by atoms with Gasteiger partial charge in [-0.2, -0.15) is 13.2 Å². The molecule has 118 valence electrons. The molecule has 1 fully saturated rings. The van der Waals surface area contributed by atoms with E-state index in [0.29, 0.717) is 25.1 Å². The van der Waals surface area contributed by atoms with Crippen molar-refractivity contribution in [2.75, 3.05) is 12.5 Å². The first kappa shape index (κ1) is 17.6. The Morgan fingerprint density at radius 2 is 2.05 bits per heavy atom. The highest BCUT2D eigenvalue weighted by atomic mass is 35.5. The lowest BCUT2D eigenvalue weighted by atomic mass is 9.92. The molecule has 3 nitrogen and oxygen atoms in total.